The number of aliphatic hydroxyl groups excluding tert-OH is 1. The predicted octanol–water partition coefficient (Wildman–Crippen LogP) is 1.31. The maximum atomic E-state index is 11.0. The molecule has 0 fully saturated rings. The molecule has 0 spiro atoms. The Labute approximate surface area is 98.5 Å². The first-order valence-corrected chi connectivity index (χ1v) is 5.35. The number of rotatable bonds is 3. The largest absolute Gasteiger partial charge is 0.441 e. The Balaban J connectivity index is 2.36. The minimum Gasteiger partial charge on any atom is -0.441 e. The van der Waals surface area contributed by atoms with E-state index < -0.39 is 6.04 Å². The normalized spacial score (nSPS) is 12.6. The molecule has 1 unspecified atom stereocenters. The van der Waals surface area contributed by atoms with E-state index in [2.05, 4.69) is 10.3 Å². The van der Waals surface area contributed by atoms with Crippen molar-refractivity contribution in [3.05, 3.63) is 29.7 Å². The molecule has 90 valence electrons. The summed E-state index contributed by atoms with van der Waals surface area (Å²) >= 11 is 0. The van der Waals surface area contributed by atoms with E-state index in [-0.39, 0.29) is 12.5 Å². The fraction of sp³-hybridized carbons (Fsp3) is 0.333. The zero-order valence-corrected chi connectivity index (χ0v) is 9.73. The minimum absolute atomic E-state index is 0.155. The Morgan fingerprint density at radius 1 is 1.59 bits per heavy atom. The second-order valence-electron chi connectivity index (χ2n) is 3.90. The van der Waals surface area contributed by atoms with Gasteiger partial charge in [0.1, 0.15) is 5.52 Å². The van der Waals surface area contributed by atoms with Crippen molar-refractivity contribution >= 4 is 17.0 Å². The zero-order valence-electron chi connectivity index (χ0n) is 9.73. The van der Waals surface area contributed by atoms with E-state index in [1.807, 2.05) is 12.1 Å². The molecule has 0 saturated carbocycles. The second kappa shape index (κ2) is 4.55. The first-order chi connectivity index (χ1) is 8.10. The van der Waals surface area contributed by atoms with Crippen LogP contribution in [0, 0.1) is 6.92 Å². The van der Waals surface area contributed by atoms with Crippen LogP contribution in [-0.4, -0.2) is 22.6 Å². The van der Waals surface area contributed by atoms with Crippen molar-refractivity contribution in [1.82, 2.24) is 10.3 Å². The van der Waals surface area contributed by atoms with Crippen LogP contribution < -0.4 is 5.32 Å². The van der Waals surface area contributed by atoms with Crippen molar-refractivity contribution < 1.29 is 14.3 Å². The summed E-state index contributed by atoms with van der Waals surface area (Å²) in [6.07, 6.45) is 0. The van der Waals surface area contributed by atoms with Crippen LogP contribution in [-0.2, 0) is 4.79 Å². The number of aryl methyl sites for hydroxylation is 1. The highest BCUT2D eigenvalue weighted by Crippen LogP contribution is 2.21. The van der Waals surface area contributed by atoms with Gasteiger partial charge in [-0.1, -0.05) is 6.07 Å². The van der Waals surface area contributed by atoms with Gasteiger partial charge in [-0.3, -0.25) is 4.79 Å². The monoisotopic (exact) mass is 234 g/mol. The molecule has 2 rings (SSSR count). The van der Waals surface area contributed by atoms with Crippen molar-refractivity contribution in [2.75, 3.05) is 6.61 Å². The number of hydrogen-bond donors (Lipinski definition) is 2. The summed E-state index contributed by atoms with van der Waals surface area (Å²) in [6.45, 7) is 3.04. The predicted molar refractivity (Wildman–Crippen MR) is 62.4 cm³/mol. The number of aromatic nitrogens is 1. The topological polar surface area (TPSA) is 75.4 Å². The summed E-state index contributed by atoms with van der Waals surface area (Å²) in [5, 5.41) is 11.9. The molecule has 1 atom stereocenters. The van der Waals surface area contributed by atoms with Gasteiger partial charge in [0.15, 0.2) is 11.5 Å². The molecule has 0 saturated heterocycles. The molecule has 17 heavy (non-hydrogen) atoms. The smallest absolute Gasteiger partial charge is 0.217 e. The van der Waals surface area contributed by atoms with Gasteiger partial charge in [-0.25, -0.2) is 4.98 Å². The van der Waals surface area contributed by atoms with Gasteiger partial charge in [0.05, 0.1) is 12.6 Å². The van der Waals surface area contributed by atoms with Gasteiger partial charge in [-0.2, -0.15) is 0 Å². The quantitative estimate of drug-likeness (QED) is 0.839. The van der Waals surface area contributed by atoms with E-state index in [1.54, 1.807) is 13.0 Å². The number of amides is 1. The standard InChI is InChI=1S/C12H14N2O3/c1-7(16)13-11(6-15)9-3-4-10-12(5-9)17-8(2)14-10/h3-5,11,15H,6H2,1-2H3,(H,13,16). The average Bonchev–Trinajstić information content (AvgIpc) is 2.64. The molecule has 0 aliphatic rings. The van der Waals surface area contributed by atoms with Crippen molar-refractivity contribution in [1.29, 1.82) is 0 Å². The van der Waals surface area contributed by atoms with Gasteiger partial charge in [0.2, 0.25) is 5.91 Å². The van der Waals surface area contributed by atoms with Gasteiger partial charge < -0.3 is 14.8 Å². The molecule has 0 bridgehead atoms. The molecular formula is C12H14N2O3. The third-order valence-electron chi connectivity index (χ3n) is 2.48. The first kappa shape index (κ1) is 11.6. The maximum absolute atomic E-state index is 11.0. The molecule has 1 heterocycles. The van der Waals surface area contributed by atoms with E-state index in [0.717, 1.165) is 11.1 Å². The number of aliphatic hydroxyl groups is 1. The molecule has 1 aromatic heterocycles. The van der Waals surface area contributed by atoms with Crippen LogP contribution in [0.25, 0.3) is 11.1 Å². The van der Waals surface area contributed by atoms with Gasteiger partial charge in [-0.05, 0) is 17.7 Å². The van der Waals surface area contributed by atoms with Crippen LogP contribution >= 0.6 is 0 Å². The van der Waals surface area contributed by atoms with Gasteiger partial charge in [0, 0.05) is 13.8 Å². The van der Waals surface area contributed by atoms with Crippen molar-refractivity contribution in [3.63, 3.8) is 0 Å². The van der Waals surface area contributed by atoms with Gasteiger partial charge in [0.25, 0.3) is 0 Å². The van der Waals surface area contributed by atoms with Crippen molar-refractivity contribution in [3.8, 4) is 0 Å². The summed E-state index contributed by atoms with van der Waals surface area (Å²) in [7, 11) is 0. The van der Waals surface area contributed by atoms with Crippen LogP contribution in [0.5, 0.6) is 0 Å². The third kappa shape index (κ3) is 2.45. The highest BCUT2D eigenvalue weighted by atomic mass is 16.3. The molecule has 2 aromatic rings. The van der Waals surface area contributed by atoms with Crippen LogP contribution in [0.15, 0.2) is 22.6 Å². The summed E-state index contributed by atoms with van der Waals surface area (Å²) < 4.78 is 5.40. The minimum atomic E-state index is -0.415. The third-order valence-corrected chi connectivity index (χ3v) is 2.48. The fourth-order valence-corrected chi connectivity index (χ4v) is 1.75. The fourth-order valence-electron chi connectivity index (χ4n) is 1.75. The van der Waals surface area contributed by atoms with Crippen LogP contribution in [0.1, 0.15) is 24.4 Å². The van der Waals surface area contributed by atoms with Crippen molar-refractivity contribution in [2.24, 2.45) is 0 Å². The number of carbonyl (C=O) groups is 1. The van der Waals surface area contributed by atoms with Gasteiger partial charge in [-0.15, -0.1) is 0 Å². The molecule has 0 radical (unpaired) electrons. The van der Waals surface area contributed by atoms with E-state index in [1.165, 1.54) is 6.92 Å². The number of carbonyl (C=O) groups excluding carboxylic acids is 1. The lowest BCUT2D eigenvalue weighted by Gasteiger charge is -2.15. The summed E-state index contributed by atoms with van der Waals surface area (Å²) in [5.74, 6) is 0.412. The molecule has 1 amide bonds. The second-order valence-corrected chi connectivity index (χ2v) is 3.90. The zero-order chi connectivity index (χ0) is 12.4. The van der Waals surface area contributed by atoms with E-state index in [4.69, 9.17) is 4.42 Å². The summed E-state index contributed by atoms with van der Waals surface area (Å²) in [4.78, 5) is 15.2. The van der Waals surface area contributed by atoms with E-state index >= 15 is 0 Å². The molecule has 5 heteroatoms. The van der Waals surface area contributed by atoms with Crippen molar-refractivity contribution in [2.45, 2.75) is 19.9 Å². The highest BCUT2D eigenvalue weighted by molar-refractivity contribution is 5.75. The highest BCUT2D eigenvalue weighted by Gasteiger charge is 2.13. The van der Waals surface area contributed by atoms with Crippen LogP contribution in [0.2, 0.25) is 0 Å². The molecule has 2 N–H and O–H groups in total. The number of nitrogens with one attached hydrogen (secondary N) is 1. The number of hydrogen-bond acceptors (Lipinski definition) is 4. The number of benzene rings is 1. The Bertz CT molecular complexity index is 548. The molecule has 0 aliphatic carbocycles. The Morgan fingerprint density at radius 2 is 2.35 bits per heavy atom. The van der Waals surface area contributed by atoms with Crippen LogP contribution in [0.4, 0.5) is 0 Å². The van der Waals surface area contributed by atoms with Crippen LogP contribution in [0.3, 0.4) is 0 Å². The summed E-state index contributed by atoms with van der Waals surface area (Å²) in [5.41, 5.74) is 2.22. The SMILES string of the molecule is CC(=O)NC(CO)c1ccc2nc(C)oc2c1. The number of fused-ring (bicyclic) bond motifs is 1. The molecular weight excluding hydrogens is 220 g/mol. The molecule has 1 aromatic carbocycles. The number of nitrogens with zero attached hydrogens (tertiary/aromatic N) is 1. The van der Waals surface area contributed by atoms with E-state index in [9.17, 15) is 9.90 Å². The average molecular weight is 234 g/mol. The lowest BCUT2D eigenvalue weighted by Crippen LogP contribution is -2.28. The lowest BCUT2D eigenvalue weighted by atomic mass is 10.1. The Morgan fingerprint density at radius 3 is 3.00 bits per heavy atom. The molecule has 5 nitrogen and oxygen atoms in total. The maximum Gasteiger partial charge on any atom is 0.217 e. The Kier molecular flexibility index (Phi) is 3.10. The first-order valence-electron chi connectivity index (χ1n) is 5.35. The lowest BCUT2D eigenvalue weighted by molar-refractivity contribution is -0.120. The molecule has 0 aliphatic heterocycles. The van der Waals surface area contributed by atoms with E-state index in [0.29, 0.717) is 11.5 Å². The number of oxazole rings is 1. The van der Waals surface area contributed by atoms with Gasteiger partial charge >= 0.3 is 0 Å². The summed E-state index contributed by atoms with van der Waals surface area (Å²) in [6, 6.07) is 5.00. The Hall–Kier alpha value is -1.88.